The van der Waals surface area contributed by atoms with E-state index >= 15 is 0 Å². The van der Waals surface area contributed by atoms with E-state index in [1.54, 1.807) is 0 Å². The van der Waals surface area contributed by atoms with Crippen LogP contribution in [0.2, 0.25) is 0 Å². The standard InChI is InChI=1S/C14H26N2S/c1-10-4-6-13(7-5-10)8-15-14-16-12(3)11(2)9-17-14/h10-13H,4-9H2,1-3H3,(H,15,16). The molecule has 1 aliphatic heterocycles. The lowest BCUT2D eigenvalue weighted by molar-refractivity contribution is 0.296. The van der Waals surface area contributed by atoms with Crippen molar-refractivity contribution in [2.75, 3.05) is 12.3 Å². The molecule has 1 heterocycles. The second kappa shape index (κ2) is 6.12. The highest BCUT2D eigenvalue weighted by molar-refractivity contribution is 8.13. The molecule has 17 heavy (non-hydrogen) atoms. The number of aliphatic imine (C=N–C) groups is 1. The Hall–Kier alpha value is -0.180. The topological polar surface area (TPSA) is 24.4 Å². The highest BCUT2D eigenvalue weighted by Crippen LogP contribution is 2.28. The van der Waals surface area contributed by atoms with Crippen LogP contribution in [0.5, 0.6) is 0 Å². The molecule has 1 aliphatic carbocycles. The molecule has 0 aromatic heterocycles. The normalized spacial score (nSPS) is 41.2. The molecule has 3 heteroatoms. The van der Waals surface area contributed by atoms with E-state index in [0.717, 1.165) is 24.3 Å². The van der Waals surface area contributed by atoms with Gasteiger partial charge in [-0.1, -0.05) is 38.5 Å². The summed E-state index contributed by atoms with van der Waals surface area (Å²) in [6.45, 7) is 8.00. The molecule has 0 aromatic rings. The third-order valence-corrected chi connectivity index (χ3v) is 5.53. The maximum absolute atomic E-state index is 4.79. The average Bonchev–Trinajstić information content (AvgIpc) is 2.33. The van der Waals surface area contributed by atoms with Gasteiger partial charge in [-0.05, 0) is 37.5 Å². The summed E-state index contributed by atoms with van der Waals surface area (Å²) in [4.78, 5) is 4.79. The predicted octanol–water partition coefficient (Wildman–Crippen LogP) is 3.53. The van der Waals surface area contributed by atoms with Crippen molar-refractivity contribution in [1.82, 2.24) is 5.32 Å². The highest BCUT2D eigenvalue weighted by atomic mass is 32.2. The maximum Gasteiger partial charge on any atom is 0.156 e. The van der Waals surface area contributed by atoms with E-state index in [9.17, 15) is 0 Å². The SMILES string of the molecule is CC1CCC(CN=C2NC(C)C(C)CS2)CC1. The smallest absolute Gasteiger partial charge is 0.156 e. The Bertz CT molecular complexity index is 269. The fraction of sp³-hybridized carbons (Fsp3) is 0.929. The molecule has 1 saturated heterocycles. The quantitative estimate of drug-likeness (QED) is 0.815. The molecule has 2 atom stereocenters. The minimum atomic E-state index is 0.585. The van der Waals surface area contributed by atoms with Crippen LogP contribution in [0.15, 0.2) is 4.99 Å². The molecule has 2 nitrogen and oxygen atoms in total. The van der Waals surface area contributed by atoms with E-state index in [0.29, 0.717) is 6.04 Å². The fourth-order valence-electron chi connectivity index (χ4n) is 2.55. The van der Waals surface area contributed by atoms with E-state index < -0.39 is 0 Å². The first-order chi connectivity index (χ1) is 8.15. The van der Waals surface area contributed by atoms with Gasteiger partial charge in [-0.15, -0.1) is 0 Å². The lowest BCUT2D eigenvalue weighted by Gasteiger charge is -2.29. The van der Waals surface area contributed by atoms with Crippen LogP contribution in [-0.4, -0.2) is 23.5 Å². The van der Waals surface area contributed by atoms with Crippen molar-refractivity contribution in [3.8, 4) is 0 Å². The Morgan fingerprint density at radius 1 is 1.18 bits per heavy atom. The Balaban J connectivity index is 1.76. The molecule has 98 valence electrons. The molecule has 2 fully saturated rings. The Morgan fingerprint density at radius 2 is 1.88 bits per heavy atom. The first-order valence-electron chi connectivity index (χ1n) is 7.09. The molecule has 0 bridgehead atoms. The number of amidine groups is 1. The van der Waals surface area contributed by atoms with Crippen molar-refractivity contribution in [2.45, 2.75) is 52.5 Å². The third-order valence-electron chi connectivity index (χ3n) is 4.32. The summed E-state index contributed by atoms with van der Waals surface area (Å²) >= 11 is 1.90. The Morgan fingerprint density at radius 3 is 2.53 bits per heavy atom. The third kappa shape index (κ3) is 3.90. The van der Waals surface area contributed by atoms with Gasteiger partial charge >= 0.3 is 0 Å². The monoisotopic (exact) mass is 254 g/mol. The van der Waals surface area contributed by atoms with Crippen LogP contribution >= 0.6 is 11.8 Å². The van der Waals surface area contributed by atoms with E-state index in [2.05, 4.69) is 26.1 Å². The molecule has 2 rings (SSSR count). The van der Waals surface area contributed by atoms with Crippen molar-refractivity contribution in [3.05, 3.63) is 0 Å². The summed E-state index contributed by atoms with van der Waals surface area (Å²) in [5.74, 6) is 3.77. The van der Waals surface area contributed by atoms with Gasteiger partial charge < -0.3 is 5.32 Å². The molecule has 0 radical (unpaired) electrons. The number of rotatable bonds is 2. The second-order valence-electron chi connectivity index (χ2n) is 5.99. The van der Waals surface area contributed by atoms with Crippen LogP contribution < -0.4 is 5.32 Å². The highest BCUT2D eigenvalue weighted by Gasteiger charge is 2.22. The average molecular weight is 254 g/mol. The van der Waals surface area contributed by atoms with Crippen molar-refractivity contribution >= 4 is 16.9 Å². The van der Waals surface area contributed by atoms with Crippen LogP contribution in [0, 0.1) is 17.8 Å². The zero-order valence-corrected chi connectivity index (χ0v) is 12.2. The number of nitrogens with one attached hydrogen (secondary N) is 1. The van der Waals surface area contributed by atoms with Gasteiger partial charge in [0.1, 0.15) is 0 Å². The van der Waals surface area contributed by atoms with Crippen LogP contribution in [0.1, 0.15) is 46.5 Å². The minimum absolute atomic E-state index is 0.585. The van der Waals surface area contributed by atoms with Crippen molar-refractivity contribution < 1.29 is 0 Å². The van der Waals surface area contributed by atoms with Gasteiger partial charge in [-0.3, -0.25) is 4.99 Å². The van der Waals surface area contributed by atoms with E-state index in [1.807, 2.05) is 11.8 Å². The van der Waals surface area contributed by atoms with Crippen molar-refractivity contribution in [1.29, 1.82) is 0 Å². The van der Waals surface area contributed by atoms with E-state index in [1.165, 1.54) is 36.6 Å². The number of thioether (sulfide) groups is 1. The summed E-state index contributed by atoms with van der Waals surface area (Å²) in [7, 11) is 0. The summed E-state index contributed by atoms with van der Waals surface area (Å²) in [6, 6.07) is 0.585. The van der Waals surface area contributed by atoms with E-state index in [-0.39, 0.29) is 0 Å². The van der Waals surface area contributed by atoms with Gasteiger partial charge in [0.2, 0.25) is 0 Å². The van der Waals surface area contributed by atoms with Gasteiger partial charge in [-0.2, -0.15) is 0 Å². The number of nitrogens with zero attached hydrogens (tertiary/aromatic N) is 1. The van der Waals surface area contributed by atoms with Crippen molar-refractivity contribution in [2.24, 2.45) is 22.7 Å². The van der Waals surface area contributed by atoms with E-state index in [4.69, 9.17) is 4.99 Å². The molecular formula is C14H26N2S. The molecule has 1 N–H and O–H groups in total. The molecule has 2 unspecified atom stereocenters. The van der Waals surface area contributed by atoms with Crippen LogP contribution in [0.4, 0.5) is 0 Å². The van der Waals surface area contributed by atoms with Gasteiger partial charge in [-0.25, -0.2) is 0 Å². The molecular weight excluding hydrogens is 228 g/mol. The number of hydrogen-bond donors (Lipinski definition) is 1. The summed E-state index contributed by atoms with van der Waals surface area (Å²) in [5, 5.41) is 4.72. The Kier molecular flexibility index (Phi) is 4.78. The van der Waals surface area contributed by atoms with Crippen molar-refractivity contribution in [3.63, 3.8) is 0 Å². The van der Waals surface area contributed by atoms with Gasteiger partial charge in [0.05, 0.1) is 0 Å². The summed E-state index contributed by atoms with van der Waals surface area (Å²) in [6.07, 6.45) is 5.58. The summed E-state index contributed by atoms with van der Waals surface area (Å²) in [5.41, 5.74) is 0. The Labute approximate surface area is 110 Å². The lowest BCUT2D eigenvalue weighted by Crippen LogP contribution is -2.41. The van der Waals surface area contributed by atoms with Crippen LogP contribution in [0.3, 0.4) is 0 Å². The zero-order valence-electron chi connectivity index (χ0n) is 11.4. The fourth-order valence-corrected chi connectivity index (χ4v) is 3.69. The maximum atomic E-state index is 4.79. The lowest BCUT2D eigenvalue weighted by atomic mass is 9.83. The first-order valence-corrected chi connectivity index (χ1v) is 8.07. The molecule has 2 aliphatic rings. The van der Waals surface area contributed by atoms with Gasteiger partial charge in [0.15, 0.2) is 5.17 Å². The molecule has 0 spiro atoms. The van der Waals surface area contributed by atoms with Crippen LogP contribution in [-0.2, 0) is 0 Å². The number of hydrogen-bond acceptors (Lipinski definition) is 2. The predicted molar refractivity (Wildman–Crippen MR) is 77.6 cm³/mol. The van der Waals surface area contributed by atoms with Crippen LogP contribution in [0.25, 0.3) is 0 Å². The van der Waals surface area contributed by atoms with Gasteiger partial charge in [0, 0.05) is 18.3 Å². The second-order valence-corrected chi connectivity index (χ2v) is 7.00. The largest absolute Gasteiger partial charge is 0.362 e. The zero-order chi connectivity index (χ0) is 12.3. The first kappa shape index (κ1) is 13.3. The molecule has 1 saturated carbocycles. The minimum Gasteiger partial charge on any atom is -0.362 e. The summed E-state index contributed by atoms with van der Waals surface area (Å²) < 4.78 is 0. The van der Waals surface area contributed by atoms with Gasteiger partial charge in [0.25, 0.3) is 0 Å². The molecule has 0 amide bonds. The molecule has 0 aromatic carbocycles.